The van der Waals surface area contributed by atoms with E-state index in [1.54, 1.807) is 31.4 Å². The van der Waals surface area contributed by atoms with Crippen molar-refractivity contribution < 1.29 is 14.3 Å². The van der Waals surface area contributed by atoms with Crippen molar-refractivity contribution in [3.05, 3.63) is 60.0 Å². The molecule has 0 bridgehead atoms. The SMILES string of the molecule is CCOc1cccn2cc(CCNC(=O)c3ccc(OC)cc3)nc12. The fraction of sp³-hybridized carbons (Fsp3) is 0.263. The van der Waals surface area contributed by atoms with Gasteiger partial charge in [0.05, 0.1) is 19.4 Å². The molecule has 0 aliphatic heterocycles. The van der Waals surface area contributed by atoms with Gasteiger partial charge in [-0.15, -0.1) is 0 Å². The summed E-state index contributed by atoms with van der Waals surface area (Å²) in [5.41, 5.74) is 2.30. The predicted octanol–water partition coefficient (Wildman–Crippen LogP) is 2.71. The van der Waals surface area contributed by atoms with Crippen LogP contribution < -0.4 is 14.8 Å². The first-order valence-corrected chi connectivity index (χ1v) is 8.23. The summed E-state index contributed by atoms with van der Waals surface area (Å²) in [5, 5.41) is 2.91. The summed E-state index contributed by atoms with van der Waals surface area (Å²) >= 11 is 0. The zero-order valence-corrected chi connectivity index (χ0v) is 14.4. The number of methoxy groups -OCH3 is 1. The van der Waals surface area contributed by atoms with E-state index < -0.39 is 0 Å². The van der Waals surface area contributed by atoms with E-state index in [0.717, 1.165) is 22.8 Å². The molecule has 0 fully saturated rings. The molecule has 0 aliphatic rings. The molecule has 3 rings (SSSR count). The molecule has 2 heterocycles. The van der Waals surface area contributed by atoms with Gasteiger partial charge in [-0.25, -0.2) is 4.98 Å². The Labute approximate surface area is 146 Å². The van der Waals surface area contributed by atoms with Crippen LogP contribution in [0, 0.1) is 0 Å². The summed E-state index contributed by atoms with van der Waals surface area (Å²) in [7, 11) is 1.60. The molecule has 0 atom stereocenters. The van der Waals surface area contributed by atoms with Crippen molar-refractivity contribution in [1.82, 2.24) is 14.7 Å². The lowest BCUT2D eigenvalue weighted by atomic mass is 10.2. The number of hydrogen-bond donors (Lipinski definition) is 1. The Balaban J connectivity index is 1.60. The van der Waals surface area contributed by atoms with Crippen molar-refractivity contribution >= 4 is 11.6 Å². The Bertz CT molecular complexity index is 856. The number of carbonyl (C=O) groups excluding carboxylic acids is 1. The van der Waals surface area contributed by atoms with Crippen LogP contribution in [-0.2, 0) is 6.42 Å². The number of nitrogens with zero attached hydrogens (tertiary/aromatic N) is 2. The molecule has 1 N–H and O–H groups in total. The number of ether oxygens (including phenoxy) is 2. The number of nitrogens with one attached hydrogen (secondary N) is 1. The molecule has 1 amide bonds. The molecule has 0 spiro atoms. The summed E-state index contributed by atoms with van der Waals surface area (Å²) in [5.74, 6) is 1.38. The zero-order valence-electron chi connectivity index (χ0n) is 14.4. The van der Waals surface area contributed by atoms with Gasteiger partial charge in [0, 0.05) is 30.9 Å². The highest BCUT2D eigenvalue weighted by molar-refractivity contribution is 5.94. The molecule has 0 unspecified atom stereocenters. The van der Waals surface area contributed by atoms with Gasteiger partial charge in [-0.2, -0.15) is 0 Å². The van der Waals surface area contributed by atoms with Crippen LogP contribution in [0.15, 0.2) is 48.8 Å². The third-order valence-corrected chi connectivity index (χ3v) is 3.82. The largest absolute Gasteiger partial charge is 0.497 e. The van der Waals surface area contributed by atoms with Crippen LogP contribution in [0.1, 0.15) is 23.0 Å². The number of pyridine rings is 1. The Hall–Kier alpha value is -3.02. The molecule has 3 aromatic rings. The summed E-state index contributed by atoms with van der Waals surface area (Å²) in [6.45, 7) is 3.06. The molecule has 1 aromatic carbocycles. The molecule has 25 heavy (non-hydrogen) atoms. The van der Waals surface area contributed by atoms with E-state index in [1.807, 2.05) is 35.9 Å². The number of fused-ring (bicyclic) bond motifs is 1. The first-order chi connectivity index (χ1) is 12.2. The number of hydrogen-bond acceptors (Lipinski definition) is 4. The molecular formula is C19H21N3O3. The van der Waals surface area contributed by atoms with E-state index in [2.05, 4.69) is 10.3 Å². The van der Waals surface area contributed by atoms with Gasteiger partial charge < -0.3 is 19.2 Å². The van der Waals surface area contributed by atoms with Crippen LogP contribution in [-0.4, -0.2) is 35.6 Å². The summed E-state index contributed by atoms with van der Waals surface area (Å²) < 4.78 is 12.6. The highest BCUT2D eigenvalue weighted by Gasteiger charge is 2.09. The van der Waals surface area contributed by atoms with Crippen molar-refractivity contribution in [3.63, 3.8) is 0 Å². The second-order valence-electron chi connectivity index (χ2n) is 5.50. The maximum absolute atomic E-state index is 12.1. The quantitative estimate of drug-likeness (QED) is 0.719. The maximum Gasteiger partial charge on any atom is 0.251 e. The third-order valence-electron chi connectivity index (χ3n) is 3.82. The molecule has 130 valence electrons. The number of rotatable bonds is 7. The van der Waals surface area contributed by atoms with Crippen LogP contribution in [0.2, 0.25) is 0 Å². The monoisotopic (exact) mass is 339 g/mol. The highest BCUT2D eigenvalue weighted by atomic mass is 16.5. The smallest absolute Gasteiger partial charge is 0.251 e. The number of amides is 1. The van der Waals surface area contributed by atoms with E-state index in [9.17, 15) is 4.79 Å². The number of carbonyl (C=O) groups is 1. The summed E-state index contributed by atoms with van der Waals surface area (Å²) in [6.07, 6.45) is 4.54. The standard InChI is InChI=1S/C19H21N3O3/c1-3-25-17-5-4-12-22-13-15(21-18(17)22)10-11-20-19(23)14-6-8-16(24-2)9-7-14/h4-9,12-13H,3,10-11H2,1-2H3,(H,20,23). The minimum atomic E-state index is -0.110. The minimum Gasteiger partial charge on any atom is -0.497 e. The average molecular weight is 339 g/mol. The molecule has 2 aromatic heterocycles. The molecule has 6 nitrogen and oxygen atoms in total. The van der Waals surface area contributed by atoms with Crippen molar-refractivity contribution in [3.8, 4) is 11.5 Å². The average Bonchev–Trinajstić information content (AvgIpc) is 3.06. The fourth-order valence-electron chi connectivity index (χ4n) is 2.58. The first-order valence-electron chi connectivity index (χ1n) is 8.23. The van der Waals surface area contributed by atoms with E-state index in [1.165, 1.54) is 0 Å². The summed E-state index contributed by atoms with van der Waals surface area (Å²) in [6, 6.07) is 10.9. The second kappa shape index (κ2) is 7.70. The van der Waals surface area contributed by atoms with Gasteiger partial charge in [0.25, 0.3) is 5.91 Å². The first kappa shape index (κ1) is 16.8. The van der Waals surface area contributed by atoms with E-state index in [4.69, 9.17) is 9.47 Å². The predicted molar refractivity (Wildman–Crippen MR) is 95.4 cm³/mol. The molecule has 6 heteroatoms. The van der Waals surface area contributed by atoms with Gasteiger partial charge in [0.1, 0.15) is 5.75 Å². The van der Waals surface area contributed by atoms with Crippen molar-refractivity contribution in [2.75, 3.05) is 20.3 Å². The lowest BCUT2D eigenvalue weighted by Gasteiger charge is -2.05. The van der Waals surface area contributed by atoms with Crippen LogP contribution >= 0.6 is 0 Å². The van der Waals surface area contributed by atoms with Gasteiger partial charge in [-0.05, 0) is 43.3 Å². The lowest BCUT2D eigenvalue weighted by Crippen LogP contribution is -2.25. The zero-order chi connectivity index (χ0) is 17.6. The van der Waals surface area contributed by atoms with Crippen LogP contribution in [0.3, 0.4) is 0 Å². The third kappa shape index (κ3) is 3.91. The molecule has 0 saturated heterocycles. The van der Waals surface area contributed by atoms with Gasteiger partial charge in [-0.1, -0.05) is 0 Å². The fourth-order valence-corrected chi connectivity index (χ4v) is 2.58. The van der Waals surface area contributed by atoms with Gasteiger partial charge in [0.15, 0.2) is 11.4 Å². The molecule has 0 saturated carbocycles. The van der Waals surface area contributed by atoms with Crippen LogP contribution in [0.5, 0.6) is 11.5 Å². The molecular weight excluding hydrogens is 318 g/mol. The Morgan fingerprint density at radius 2 is 2.04 bits per heavy atom. The second-order valence-corrected chi connectivity index (χ2v) is 5.50. The van der Waals surface area contributed by atoms with Crippen molar-refractivity contribution in [2.45, 2.75) is 13.3 Å². The van der Waals surface area contributed by atoms with E-state index in [-0.39, 0.29) is 5.91 Å². The maximum atomic E-state index is 12.1. The van der Waals surface area contributed by atoms with E-state index >= 15 is 0 Å². The van der Waals surface area contributed by atoms with Gasteiger partial charge in [0.2, 0.25) is 0 Å². The normalized spacial score (nSPS) is 10.6. The number of aromatic nitrogens is 2. The highest BCUT2D eigenvalue weighted by Crippen LogP contribution is 2.19. The Kier molecular flexibility index (Phi) is 5.18. The minimum absolute atomic E-state index is 0.110. The van der Waals surface area contributed by atoms with Crippen LogP contribution in [0.4, 0.5) is 0 Å². The lowest BCUT2D eigenvalue weighted by molar-refractivity contribution is 0.0954. The Morgan fingerprint density at radius 3 is 2.76 bits per heavy atom. The summed E-state index contributed by atoms with van der Waals surface area (Å²) in [4.78, 5) is 16.7. The van der Waals surface area contributed by atoms with E-state index in [0.29, 0.717) is 25.1 Å². The Morgan fingerprint density at radius 1 is 1.24 bits per heavy atom. The van der Waals surface area contributed by atoms with Crippen molar-refractivity contribution in [2.24, 2.45) is 0 Å². The molecule has 0 aliphatic carbocycles. The number of benzene rings is 1. The topological polar surface area (TPSA) is 64.9 Å². The van der Waals surface area contributed by atoms with Crippen molar-refractivity contribution in [1.29, 1.82) is 0 Å². The molecule has 0 radical (unpaired) electrons. The van der Waals surface area contributed by atoms with Gasteiger partial charge >= 0.3 is 0 Å². The number of imidazole rings is 1. The van der Waals surface area contributed by atoms with Crippen LogP contribution in [0.25, 0.3) is 5.65 Å². The van der Waals surface area contributed by atoms with Gasteiger partial charge in [-0.3, -0.25) is 4.79 Å².